The molecular weight excluding hydrogens is 939 g/mol. The third-order valence-electron chi connectivity index (χ3n) is 18.0. The summed E-state index contributed by atoms with van der Waals surface area (Å²) >= 11 is 0. The standard InChI is InChI=1S/C73H133NO3/c1-56(2)28-19-31-59(7)34-22-37-62(10)40-25-43-65(13)50-53-75-70-49-48-69(71(74)68-46-17-16-18-47-68)72(76-54-51-66(14)44-26-41-63(11)38-23-35-60(8)32-20-29-57(3)4)73(70)77-55-52-67(15)45-27-42-64(12)39-24-36-61(9)33-21-30-58(5)6/h16-18,46-49,56-67,71H,19-45,50-55,74H2,1-15H3. The van der Waals surface area contributed by atoms with Crippen molar-refractivity contribution in [2.45, 2.75) is 303 Å². The Morgan fingerprint density at radius 3 is 0.844 bits per heavy atom. The molecule has 2 N–H and O–H groups in total. The first-order valence-corrected chi connectivity index (χ1v) is 33.7. The first kappa shape index (κ1) is 70.9. The molecule has 2 rings (SSSR count). The van der Waals surface area contributed by atoms with Gasteiger partial charge in [0.05, 0.1) is 25.9 Å². The molecule has 2 aromatic rings. The lowest BCUT2D eigenvalue weighted by molar-refractivity contribution is 0.214. The van der Waals surface area contributed by atoms with Crippen LogP contribution in [0.25, 0.3) is 0 Å². The lowest BCUT2D eigenvalue weighted by atomic mass is 9.91. The van der Waals surface area contributed by atoms with Crippen LogP contribution < -0.4 is 19.9 Å². The zero-order valence-electron chi connectivity index (χ0n) is 54.2. The van der Waals surface area contributed by atoms with Crippen molar-refractivity contribution >= 4 is 0 Å². The molecular formula is C73H133NO3. The van der Waals surface area contributed by atoms with Crippen LogP contribution in [-0.2, 0) is 0 Å². The van der Waals surface area contributed by atoms with Gasteiger partial charge in [-0.3, -0.25) is 0 Å². The quantitative estimate of drug-likeness (QED) is 0.0717. The van der Waals surface area contributed by atoms with Gasteiger partial charge in [0.2, 0.25) is 5.75 Å². The number of ether oxygens (including phenoxy) is 3. The van der Waals surface area contributed by atoms with Crippen LogP contribution in [0.2, 0.25) is 0 Å². The van der Waals surface area contributed by atoms with E-state index >= 15 is 0 Å². The van der Waals surface area contributed by atoms with E-state index in [-0.39, 0.29) is 6.04 Å². The summed E-state index contributed by atoms with van der Waals surface area (Å²) in [4.78, 5) is 0. The summed E-state index contributed by atoms with van der Waals surface area (Å²) in [6.45, 7) is 38.2. The molecule has 0 amide bonds. The van der Waals surface area contributed by atoms with Gasteiger partial charge in [0.25, 0.3) is 0 Å². The molecule has 4 heteroatoms. The van der Waals surface area contributed by atoms with Gasteiger partial charge >= 0.3 is 0 Å². The van der Waals surface area contributed by atoms with Crippen molar-refractivity contribution in [1.82, 2.24) is 0 Å². The molecule has 0 radical (unpaired) electrons. The van der Waals surface area contributed by atoms with Crippen molar-refractivity contribution < 1.29 is 14.2 Å². The predicted octanol–water partition coefficient (Wildman–Crippen LogP) is 23.3. The maximum atomic E-state index is 7.17. The van der Waals surface area contributed by atoms with Crippen molar-refractivity contribution in [2.75, 3.05) is 19.8 Å². The Bertz CT molecular complexity index is 1650. The molecule has 0 fully saturated rings. The van der Waals surface area contributed by atoms with Gasteiger partial charge in [0, 0.05) is 5.56 Å². The smallest absolute Gasteiger partial charge is 0.203 e. The molecule has 4 nitrogen and oxygen atoms in total. The van der Waals surface area contributed by atoms with Crippen LogP contribution in [0.4, 0.5) is 0 Å². The molecule has 2 aromatic carbocycles. The highest BCUT2D eigenvalue weighted by molar-refractivity contribution is 5.58. The monoisotopic (exact) mass is 1070 g/mol. The van der Waals surface area contributed by atoms with E-state index in [1.54, 1.807) is 0 Å². The van der Waals surface area contributed by atoms with Crippen molar-refractivity contribution in [2.24, 2.45) is 76.7 Å². The maximum absolute atomic E-state index is 7.17. The van der Waals surface area contributed by atoms with E-state index in [9.17, 15) is 0 Å². The first-order valence-electron chi connectivity index (χ1n) is 33.7. The fraction of sp³-hybridized carbons (Fsp3) is 0.836. The average Bonchev–Trinajstić information content (AvgIpc) is 3.37. The highest BCUT2D eigenvalue weighted by Gasteiger charge is 2.24. The van der Waals surface area contributed by atoms with Crippen molar-refractivity contribution in [3.05, 3.63) is 53.6 Å². The first-order chi connectivity index (χ1) is 36.8. The van der Waals surface area contributed by atoms with Crippen molar-refractivity contribution in [1.29, 1.82) is 0 Å². The molecule has 0 spiro atoms. The fourth-order valence-electron chi connectivity index (χ4n) is 11.9. The van der Waals surface area contributed by atoms with Gasteiger partial charge in [-0.05, 0) is 108 Å². The number of benzene rings is 2. The summed E-state index contributed by atoms with van der Waals surface area (Å²) in [5.41, 5.74) is 9.23. The van der Waals surface area contributed by atoms with Crippen LogP contribution in [0.3, 0.4) is 0 Å². The summed E-state index contributed by atoms with van der Waals surface area (Å²) in [5, 5.41) is 0. The minimum atomic E-state index is -0.334. The van der Waals surface area contributed by atoms with Crippen LogP contribution in [0.5, 0.6) is 17.2 Å². The highest BCUT2D eigenvalue weighted by Crippen LogP contribution is 2.44. The van der Waals surface area contributed by atoms with E-state index in [1.807, 2.05) is 0 Å². The van der Waals surface area contributed by atoms with Crippen LogP contribution in [-0.4, -0.2) is 19.8 Å². The second kappa shape index (κ2) is 43.5. The molecule has 0 saturated carbocycles. The van der Waals surface area contributed by atoms with Crippen LogP contribution in [0.15, 0.2) is 42.5 Å². The molecule has 448 valence electrons. The summed E-state index contributed by atoms with van der Waals surface area (Å²) in [5.74, 6) is 11.6. The maximum Gasteiger partial charge on any atom is 0.203 e. The van der Waals surface area contributed by atoms with Crippen LogP contribution in [0, 0.1) is 71.0 Å². The van der Waals surface area contributed by atoms with Crippen molar-refractivity contribution in [3.63, 3.8) is 0 Å². The molecule has 0 bridgehead atoms. The predicted molar refractivity (Wildman–Crippen MR) is 341 cm³/mol. The van der Waals surface area contributed by atoms with Crippen molar-refractivity contribution in [3.8, 4) is 17.2 Å². The zero-order chi connectivity index (χ0) is 56.8. The number of rotatable bonds is 50. The van der Waals surface area contributed by atoms with Gasteiger partial charge in [0.15, 0.2) is 11.5 Å². The molecule has 10 atom stereocenters. The van der Waals surface area contributed by atoms with Gasteiger partial charge in [-0.25, -0.2) is 0 Å². The van der Waals surface area contributed by atoms with Gasteiger partial charge in [-0.15, -0.1) is 0 Å². The Labute approximate surface area is 481 Å². The van der Waals surface area contributed by atoms with Gasteiger partial charge in [0.1, 0.15) is 0 Å². The third-order valence-corrected chi connectivity index (χ3v) is 18.0. The number of nitrogens with two attached hydrogens (primary N) is 1. The zero-order valence-corrected chi connectivity index (χ0v) is 54.2. The normalized spacial score (nSPS) is 16.0. The van der Waals surface area contributed by atoms with Crippen LogP contribution >= 0.6 is 0 Å². The lowest BCUT2D eigenvalue weighted by Crippen LogP contribution is -2.16. The SMILES string of the molecule is CC(C)CCCC(C)CCCC(C)CCCC(C)CCOc1ccc(C(N)c2ccccc2)c(OCCC(C)CCCC(C)CCCC(C)CCCC(C)C)c1OCCC(C)CCCC(C)CCCC(C)CCCC(C)C. The van der Waals surface area contributed by atoms with E-state index in [2.05, 4.69) is 146 Å². The second-order valence-electron chi connectivity index (χ2n) is 28.1. The Morgan fingerprint density at radius 1 is 0.286 bits per heavy atom. The minimum Gasteiger partial charge on any atom is -0.490 e. The number of hydrogen-bond acceptors (Lipinski definition) is 4. The Hall–Kier alpha value is -2.20. The van der Waals surface area contributed by atoms with E-state index < -0.39 is 0 Å². The van der Waals surface area contributed by atoms with Gasteiger partial charge < -0.3 is 19.9 Å². The molecule has 0 aliphatic carbocycles. The average molecular weight is 1070 g/mol. The van der Waals surface area contributed by atoms with E-state index in [1.165, 1.54) is 173 Å². The summed E-state index contributed by atoms with van der Waals surface area (Å²) in [6, 6.07) is 14.4. The minimum absolute atomic E-state index is 0.334. The molecule has 10 unspecified atom stereocenters. The Kier molecular flexibility index (Phi) is 40.1. The lowest BCUT2D eigenvalue weighted by Gasteiger charge is -2.24. The molecule has 77 heavy (non-hydrogen) atoms. The molecule has 0 aromatic heterocycles. The van der Waals surface area contributed by atoms with E-state index in [4.69, 9.17) is 19.9 Å². The number of hydrogen-bond donors (Lipinski definition) is 1. The van der Waals surface area contributed by atoms with E-state index in [0.717, 1.165) is 101 Å². The second-order valence-corrected chi connectivity index (χ2v) is 28.1. The molecule has 0 aliphatic rings. The molecule has 0 heterocycles. The molecule has 0 aliphatic heterocycles. The Morgan fingerprint density at radius 2 is 0.545 bits per heavy atom. The van der Waals surface area contributed by atoms with Crippen LogP contribution in [0.1, 0.15) is 314 Å². The van der Waals surface area contributed by atoms with E-state index in [0.29, 0.717) is 37.6 Å². The topological polar surface area (TPSA) is 53.7 Å². The van der Waals surface area contributed by atoms with Gasteiger partial charge in [-0.1, -0.05) is 308 Å². The fourth-order valence-corrected chi connectivity index (χ4v) is 11.9. The Balaban J connectivity index is 2.10. The summed E-state index contributed by atoms with van der Waals surface area (Å²) < 4.78 is 20.7. The summed E-state index contributed by atoms with van der Waals surface area (Å²) in [6.07, 6.45) is 39.5. The summed E-state index contributed by atoms with van der Waals surface area (Å²) in [7, 11) is 0. The third kappa shape index (κ3) is 36.0. The van der Waals surface area contributed by atoms with Gasteiger partial charge in [-0.2, -0.15) is 0 Å². The highest BCUT2D eigenvalue weighted by atomic mass is 16.5. The molecule has 0 saturated heterocycles. The largest absolute Gasteiger partial charge is 0.490 e.